The van der Waals surface area contributed by atoms with E-state index < -0.39 is 10.8 Å². The minimum absolute atomic E-state index is 0.159. The van der Waals surface area contributed by atoms with Crippen molar-refractivity contribution in [3.05, 3.63) is 23.8 Å². The third-order valence-electron chi connectivity index (χ3n) is 4.13. The summed E-state index contributed by atoms with van der Waals surface area (Å²) in [5, 5.41) is 0.159. The number of benzene rings is 1. The molecule has 22 heavy (non-hydrogen) atoms. The molecular weight excluding hydrogens is 296 g/mol. The van der Waals surface area contributed by atoms with Crippen molar-refractivity contribution in [1.82, 2.24) is 0 Å². The van der Waals surface area contributed by atoms with Gasteiger partial charge >= 0.3 is 0 Å². The molecule has 0 radical (unpaired) electrons. The Morgan fingerprint density at radius 1 is 1.14 bits per heavy atom. The Hall–Kier alpha value is -1.03. The van der Waals surface area contributed by atoms with Crippen LogP contribution in [0.2, 0.25) is 0 Å². The Kier molecular flexibility index (Phi) is 7.23. The van der Waals surface area contributed by atoms with E-state index in [4.69, 9.17) is 9.47 Å². The summed E-state index contributed by atoms with van der Waals surface area (Å²) >= 11 is 0. The molecule has 0 fully saturated rings. The molecule has 1 heterocycles. The molecule has 0 spiro atoms. The van der Waals surface area contributed by atoms with Gasteiger partial charge in [-0.3, -0.25) is 4.21 Å². The molecule has 0 N–H and O–H groups in total. The summed E-state index contributed by atoms with van der Waals surface area (Å²) in [6, 6.07) is 5.95. The van der Waals surface area contributed by atoms with Crippen molar-refractivity contribution >= 4 is 10.8 Å². The Morgan fingerprint density at radius 3 is 2.73 bits per heavy atom. The lowest BCUT2D eigenvalue weighted by molar-refractivity contribution is 0.173. The quantitative estimate of drug-likeness (QED) is 0.596. The summed E-state index contributed by atoms with van der Waals surface area (Å²) in [5.74, 6) is 2.47. The molecule has 0 saturated heterocycles. The van der Waals surface area contributed by atoms with E-state index in [1.165, 1.54) is 32.1 Å². The molecule has 2 rings (SSSR count). The highest BCUT2D eigenvalue weighted by atomic mass is 32.2. The first kappa shape index (κ1) is 17.3. The maximum atomic E-state index is 12.4. The van der Waals surface area contributed by atoms with E-state index in [-0.39, 0.29) is 5.25 Å². The van der Waals surface area contributed by atoms with Crippen LogP contribution in [0.25, 0.3) is 0 Å². The van der Waals surface area contributed by atoms with Crippen LogP contribution in [0.15, 0.2) is 18.2 Å². The molecule has 2 unspecified atom stereocenters. The summed E-state index contributed by atoms with van der Waals surface area (Å²) in [5.41, 5.74) is 1.11. The van der Waals surface area contributed by atoms with Crippen LogP contribution in [-0.4, -0.2) is 22.0 Å². The van der Waals surface area contributed by atoms with Crippen LogP contribution in [0.5, 0.6) is 11.5 Å². The third kappa shape index (κ3) is 5.01. The third-order valence-corrected chi connectivity index (χ3v) is 5.89. The van der Waals surface area contributed by atoms with Crippen molar-refractivity contribution < 1.29 is 13.7 Å². The lowest BCUT2D eigenvalue weighted by atomic mass is 10.1. The van der Waals surface area contributed by atoms with Crippen LogP contribution in [0.1, 0.15) is 57.9 Å². The van der Waals surface area contributed by atoms with E-state index in [0.29, 0.717) is 6.79 Å². The number of rotatable bonds is 10. The highest BCUT2D eigenvalue weighted by Crippen LogP contribution is 2.36. The van der Waals surface area contributed by atoms with Crippen LogP contribution in [-0.2, 0) is 17.2 Å². The summed E-state index contributed by atoms with van der Waals surface area (Å²) < 4.78 is 23.3. The molecule has 1 aliphatic rings. The Bertz CT molecular complexity index is 487. The van der Waals surface area contributed by atoms with Crippen LogP contribution in [0.4, 0.5) is 0 Å². The topological polar surface area (TPSA) is 35.5 Å². The fourth-order valence-corrected chi connectivity index (χ4v) is 4.04. The highest BCUT2D eigenvalue weighted by Gasteiger charge is 2.20. The molecule has 0 saturated carbocycles. The molecule has 2 atom stereocenters. The molecule has 3 nitrogen and oxygen atoms in total. The maximum Gasteiger partial charge on any atom is 0.231 e. The van der Waals surface area contributed by atoms with Gasteiger partial charge in [-0.2, -0.15) is 0 Å². The first-order valence-corrected chi connectivity index (χ1v) is 9.85. The molecule has 0 amide bonds. The number of hydrogen-bond donors (Lipinski definition) is 0. The predicted molar refractivity (Wildman–Crippen MR) is 92.1 cm³/mol. The molecule has 0 aromatic heterocycles. The van der Waals surface area contributed by atoms with Gasteiger partial charge in [0.25, 0.3) is 0 Å². The summed E-state index contributed by atoms with van der Waals surface area (Å²) in [7, 11) is -0.765. The normalized spacial score (nSPS) is 15.7. The van der Waals surface area contributed by atoms with Crippen molar-refractivity contribution in [3.8, 4) is 11.5 Å². The minimum Gasteiger partial charge on any atom is -0.454 e. The molecule has 124 valence electrons. The van der Waals surface area contributed by atoms with Gasteiger partial charge in [0.2, 0.25) is 6.79 Å². The first-order valence-electron chi connectivity index (χ1n) is 8.47. The van der Waals surface area contributed by atoms with E-state index >= 15 is 0 Å². The first-order chi connectivity index (χ1) is 10.7. The van der Waals surface area contributed by atoms with Gasteiger partial charge < -0.3 is 9.47 Å². The molecule has 1 aromatic rings. The summed E-state index contributed by atoms with van der Waals surface area (Å²) in [6.07, 6.45) is 8.25. The van der Waals surface area contributed by atoms with Gasteiger partial charge in [-0.25, -0.2) is 0 Å². The SMILES string of the molecule is CCCCCCCCS(=O)C(C)Cc1cccc2c1OCO2. The second-order valence-electron chi connectivity index (χ2n) is 6.02. The van der Waals surface area contributed by atoms with Crippen molar-refractivity contribution in [3.63, 3.8) is 0 Å². The van der Waals surface area contributed by atoms with E-state index in [2.05, 4.69) is 13.8 Å². The molecule has 1 aliphatic heterocycles. The van der Waals surface area contributed by atoms with Gasteiger partial charge in [0, 0.05) is 21.8 Å². The van der Waals surface area contributed by atoms with Gasteiger partial charge in [-0.05, 0) is 24.5 Å². The molecule has 0 bridgehead atoms. The van der Waals surface area contributed by atoms with Crippen LogP contribution in [0.3, 0.4) is 0 Å². The maximum absolute atomic E-state index is 12.4. The Morgan fingerprint density at radius 2 is 1.91 bits per heavy atom. The average molecular weight is 324 g/mol. The minimum atomic E-state index is -0.765. The Labute approximate surface area is 136 Å². The van der Waals surface area contributed by atoms with Gasteiger partial charge in [-0.15, -0.1) is 0 Å². The molecule has 4 heteroatoms. The summed E-state index contributed by atoms with van der Waals surface area (Å²) in [6.45, 7) is 4.59. The van der Waals surface area contributed by atoms with E-state index in [1.54, 1.807) is 0 Å². The van der Waals surface area contributed by atoms with Crippen molar-refractivity contribution in [2.75, 3.05) is 12.5 Å². The zero-order chi connectivity index (χ0) is 15.8. The fraction of sp³-hybridized carbons (Fsp3) is 0.667. The van der Waals surface area contributed by atoms with Crippen molar-refractivity contribution in [2.24, 2.45) is 0 Å². The fourth-order valence-electron chi connectivity index (χ4n) is 2.78. The smallest absolute Gasteiger partial charge is 0.231 e. The van der Waals surface area contributed by atoms with E-state index in [1.807, 2.05) is 18.2 Å². The number of fused-ring (bicyclic) bond motifs is 1. The van der Waals surface area contributed by atoms with Crippen LogP contribution in [0, 0.1) is 0 Å². The standard InChI is InChI=1S/C18H28O3S/c1-3-4-5-6-7-8-12-22(19)15(2)13-16-10-9-11-17-18(16)21-14-20-17/h9-11,15H,3-8,12-14H2,1-2H3. The number of hydrogen-bond acceptors (Lipinski definition) is 3. The zero-order valence-electron chi connectivity index (χ0n) is 13.8. The van der Waals surface area contributed by atoms with E-state index in [0.717, 1.165) is 35.7 Å². The van der Waals surface area contributed by atoms with Gasteiger partial charge in [0.05, 0.1) is 0 Å². The van der Waals surface area contributed by atoms with Crippen molar-refractivity contribution in [2.45, 2.75) is 64.0 Å². The molecule has 0 aliphatic carbocycles. The van der Waals surface area contributed by atoms with Gasteiger partial charge in [-0.1, -0.05) is 58.1 Å². The Balaban J connectivity index is 1.74. The highest BCUT2D eigenvalue weighted by molar-refractivity contribution is 7.85. The van der Waals surface area contributed by atoms with Crippen LogP contribution < -0.4 is 9.47 Å². The zero-order valence-corrected chi connectivity index (χ0v) is 14.6. The van der Waals surface area contributed by atoms with Gasteiger partial charge in [0.1, 0.15) is 0 Å². The lowest BCUT2D eigenvalue weighted by Gasteiger charge is -2.13. The van der Waals surface area contributed by atoms with Crippen molar-refractivity contribution in [1.29, 1.82) is 0 Å². The summed E-state index contributed by atoms with van der Waals surface area (Å²) in [4.78, 5) is 0. The number of unbranched alkanes of at least 4 members (excludes halogenated alkanes) is 5. The number of ether oxygens (including phenoxy) is 2. The molecular formula is C18H28O3S. The lowest BCUT2D eigenvalue weighted by Crippen LogP contribution is -2.17. The monoisotopic (exact) mass is 324 g/mol. The van der Waals surface area contributed by atoms with Gasteiger partial charge in [0.15, 0.2) is 11.5 Å². The largest absolute Gasteiger partial charge is 0.454 e. The average Bonchev–Trinajstić information content (AvgIpc) is 3.00. The van der Waals surface area contributed by atoms with Crippen LogP contribution >= 0.6 is 0 Å². The second-order valence-corrected chi connectivity index (χ2v) is 7.99. The second kappa shape index (κ2) is 9.19. The predicted octanol–water partition coefficient (Wildman–Crippen LogP) is 4.46. The van der Waals surface area contributed by atoms with E-state index in [9.17, 15) is 4.21 Å². The number of para-hydroxylation sites is 1. The molecule has 1 aromatic carbocycles.